The number of halogens is 5. The van der Waals surface area contributed by atoms with Gasteiger partial charge < -0.3 is 4.98 Å². The van der Waals surface area contributed by atoms with Crippen LogP contribution < -0.4 is 4.72 Å². The van der Waals surface area contributed by atoms with E-state index in [1.54, 1.807) is 0 Å². The highest BCUT2D eigenvalue weighted by Crippen LogP contribution is 2.42. The van der Waals surface area contributed by atoms with Crippen LogP contribution >= 0.6 is 0 Å². The van der Waals surface area contributed by atoms with Gasteiger partial charge in [-0.2, -0.15) is 13.2 Å². The molecule has 1 aliphatic carbocycles. The average Bonchev–Trinajstić information content (AvgIpc) is 3.58. The maximum atomic E-state index is 15.3. The maximum absolute atomic E-state index is 15.3. The summed E-state index contributed by atoms with van der Waals surface area (Å²) in [5.41, 5.74) is -2.02. The van der Waals surface area contributed by atoms with Crippen molar-refractivity contribution in [1.82, 2.24) is 15.0 Å². The number of H-pyrrole nitrogens is 1. The molecule has 4 aromatic rings. The van der Waals surface area contributed by atoms with E-state index in [2.05, 4.69) is 15.0 Å². The van der Waals surface area contributed by atoms with E-state index >= 15 is 4.39 Å². The molecule has 7 nitrogen and oxygen atoms in total. The number of sulfonamides is 1. The van der Waals surface area contributed by atoms with E-state index in [0.29, 0.717) is 47.1 Å². The van der Waals surface area contributed by atoms with Gasteiger partial charge in [0.1, 0.15) is 17.8 Å². The fourth-order valence-corrected chi connectivity index (χ4v) is 4.89. The van der Waals surface area contributed by atoms with Crippen LogP contribution in [0.3, 0.4) is 0 Å². The van der Waals surface area contributed by atoms with Crippen LogP contribution in [0.4, 0.5) is 27.6 Å². The number of fused-ring (bicyclic) bond motifs is 1. The predicted molar refractivity (Wildman–Crippen MR) is 118 cm³/mol. The molecule has 36 heavy (non-hydrogen) atoms. The normalized spacial score (nSPS) is 14.2. The number of hydrogen-bond donors (Lipinski definition) is 2. The summed E-state index contributed by atoms with van der Waals surface area (Å²) in [6.07, 6.45) is -0.422. The molecule has 2 N–H and O–H groups in total. The molecule has 2 aromatic heterocycles. The average molecular weight is 522 g/mol. The summed E-state index contributed by atoms with van der Waals surface area (Å²) in [4.78, 5) is 23.7. The number of carbonyl (C=O) groups is 1. The number of alkyl halides is 3. The van der Waals surface area contributed by atoms with E-state index in [1.807, 2.05) is 4.72 Å². The molecule has 0 atom stereocenters. The Bertz CT molecular complexity index is 1610. The van der Waals surface area contributed by atoms with E-state index in [-0.39, 0.29) is 11.5 Å². The van der Waals surface area contributed by atoms with Crippen molar-refractivity contribution in [3.63, 3.8) is 0 Å². The van der Waals surface area contributed by atoms with Gasteiger partial charge in [-0.3, -0.25) is 9.52 Å². The SMILES string of the molecule is O=C(c1c(F)ccc(NS(=O)(=O)c2ccc(C(F)(F)F)cc2)c1F)c1c[nH]c2ncnc(C3CC3)c12. The highest BCUT2D eigenvalue weighted by molar-refractivity contribution is 7.92. The van der Waals surface area contributed by atoms with Crippen molar-refractivity contribution in [2.75, 3.05) is 4.72 Å². The molecule has 1 aliphatic rings. The van der Waals surface area contributed by atoms with Gasteiger partial charge in [0, 0.05) is 12.1 Å². The Kier molecular flexibility index (Phi) is 5.54. The largest absolute Gasteiger partial charge is 0.416 e. The first-order valence-electron chi connectivity index (χ1n) is 10.5. The number of aromatic nitrogens is 3. The van der Waals surface area contributed by atoms with Crippen LogP contribution in [0, 0.1) is 11.6 Å². The molecule has 13 heteroatoms. The highest BCUT2D eigenvalue weighted by Gasteiger charge is 2.33. The van der Waals surface area contributed by atoms with Gasteiger partial charge in [-0.15, -0.1) is 0 Å². The van der Waals surface area contributed by atoms with Crippen LogP contribution in [0.25, 0.3) is 11.0 Å². The van der Waals surface area contributed by atoms with Gasteiger partial charge in [0.05, 0.1) is 38.4 Å². The van der Waals surface area contributed by atoms with Crippen molar-refractivity contribution < 1.29 is 35.2 Å². The van der Waals surface area contributed by atoms with Crippen LogP contribution in [-0.4, -0.2) is 29.2 Å². The first kappa shape index (κ1) is 23.9. The molecule has 0 saturated heterocycles. The van der Waals surface area contributed by atoms with Crippen molar-refractivity contribution in [2.24, 2.45) is 0 Å². The molecule has 0 spiro atoms. The van der Waals surface area contributed by atoms with Crippen LogP contribution in [-0.2, 0) is 16.2 Å². The summed E-state index contributed by atoms with van der Waals surface area (Å²) in [6.45, 7) is 0. The zero-order valence-electron chi connectivity index (χ0n) is 18.0. The van der Waals surface area contributed by atoms with Crippen molar-refractivity contribution in [3.05, 3.63) is 82.9 Å². The van der Waals surface area contributed by atoms with Gasteiger partial charge in [-0.05, 0) is 49.2 Å². The molecule has 0 bridgehead atoms. The monoisotopic (exact) mass is 522 g/mol. The van der Waals surface area contributed by atoms with Crippen LogP contribution in [0.5, 0.6) is 0 Å². The number of hydrogen-bond acceptors (Lipinski definition) is 5. The molecule has 0 amide bonds. The number of aromatic amines is 1. The summed E-state index contributed by atoms with van der Waals surface area (Å²) in [6, 6.07) is 4.00. The Labute approximate surface area is 200 Å². The first-order chi connectivity index (χ1) is 17.0. The molecule has 0 aliphatic heterocycles. The van der Waals surface area contributed by atoms with Gasteiger partial charge in [0.2, 0.25) is 5.78 Å². The summed E-state index contributed by atoms with van der Waals surface area (Å²) in [5.74, 6) is -3.67. The lowest BCUT2D eigenvalue weighted by molar-refractivity contribution is -0.137. The van der Waals surface area contributed by atoms with E-state index in [9.17, 15) is 30.8 Å². The molecule has 0 unspecified atom stereocenters. The second-order valence-corrected chi connectivity index (χ2v) is 9.88. The molecule has 0 radical (unpaired) electrons. The smallest absolute Gasteiger partial charge is 0.345 e. The zero-order chi connectivity index (χ0) is 25.8. The lowest BCUT2D eigenvalue weighted by Gasteiger charge is -2.13. The van der Waals surface area contributed by atoms with Crippen LogP contribution in [0.1, 0.15) is 45.9 Å². The van der Waals surface area contributed by atoms with Crippen molar-refractivity contribution in [1.29, 1.82) is 0 Å². The summed E-state index contributed by atoms with van der Waals surface area (Å²) in [5, 5.41) is 0.333. The Morgan fingerprint density at radius 3 is 2.36 bits per heavy atom. The summed E-state index contributed by atoms with van der Waals surface area (Å²) in [7, 11) is -4.57. The number of ketones is 1. The quantitative estimate of drug-likeness (QED) is 0.269. The molecule has 1 fully saturated rings. The van der Waals surface area contributed by atoms with Gasteiger partial charge >= 0.3 is 6.18 Å². The Hall–Kier alpha value is -3.87. The van der Waals surface area contributed by atoms with E-state index in [4.69, 9.17) is 0 Å². The Morgan fingerprint density at radius 1 is 1.03 bits per heavy atom. The minimum Gasteiger partial charge on any atom is -0.345 e. The Balaban J connectivity index is 1.51. The van der Waals surface area contributed by atoms with Gasteiger partial charge in [0.25, 0.3) is 10.0 Å². The zero-order valence-corrected chi connectivity index (χ0v) is 18.8. The van der Waals surface area contributed by atoms with Gasteiger partial charge in [-0.1, -0.05) is 0 Å². The summed E-state index contributed by atoms with van der Waals surface area (Å²) >= 11 is 0. The third-order valence-electron chi connectivity index (χ3n) is 5.76. The van der Waals surface area contributed by atoms with Crippen molar-refractivity contribution in [2.45, 2.75) is 29.8 Å². The molecule has 186 valence electrons. The lowest BCUT2D eigenvalue weighted by Crippen LogP contribution is -2.17. The van der Waals surface area contributed by atoms with Gasteiger partial charge in [0.15, 0.2) is 5.82 Å². The third-order valence-corrected chi connectivity index (χ3v) is 7.14. The Morgan fingerprint density at radius 2 is 1.72 bits per heavy atom. The van der Waals surface area contributed by atoms with Crippen molar-refractivity contribution in [3.8, 4) is 0 Å². The van der Waals surface area contributed by atoms with Crippen LogP contribution in [0.2, 0.25) is 0 Å². The second-order valence-electron chi connectivity index (χ2n) is 8.20. The molecular weight excluding hydrogens is 507 g/mol. The van der Waals surface area contributed by atoms with Crippen LogP contribution in [0.15, 0.2) is 53.8 Å². The fourth-order valence-electron chi connectivity index (χ4n) is 3.83. The van der Waals surface area contributed by atoms with Gasteiger partial charge in [-0.25, -0.2) is 27.2 Å². The van der Waals surface area contributed by atoms with Crippen molar-refractivity contribution >= 4 is 32.5 Å². The molecule has 2 heterocycles. The standard InChI is InChI=1S/C23H15F5N4O3S/c24-15-7-8-16(32-36(34,35)13-5-3-12(4-6-13)23(26,27)28)19(25)18(15)21(33)14-9-29-22-17(14)20(11-1-2-11)30-10-31-22/h3-11,32H,1-2H2,(H,29,30,31). The maximum Gasteiger partial charge on any atom is 0.416 e. The molecule has 2 aromatic carbocycles. The third kappa shape index (κ3) is 4.19. The molecule has 1 saturated carbocycles. The summed E-state index contributed by atoms with van der Waals surface area (Å²) < 4.78 is 95.5. The number of nitrogens with one attached hydrogen (secondary N) is 2. The second kappa shape index (κ2) is 8.36. The van der Waals surface area contributed by atoms with E-state index in [0.717, 1.165) is 18.9 Å². The molecule has 5 rings (SSSR count). The highest BCUT2D eigenvalue weighted by atomic mass is 32.2. The molecular formula is C23H15F5N4O3S. The lowest BCUT2D eigenvalue weighted by atomic mass is 10.00. The minimum absolute atomic E-state index is 0.0759. The number of anilines is 1. The fraction of sp³-hybridized carbons (Fsp3) is 0.174. The minimum atomic E-state index is -4.68. The number of carbonyl (C=O) groups excluding carboxylic acids is 1. The number of nitrogens with zero attached hydrogens (tertiary/aromatic N) is 2. The first-order valence-corrected chi connectivity index (χ1v) is 12.0. The van der Waals surface area contributed by atoms with E-state index < -0.39 is 55.3 Å². The topological polar surface area (TPSA) is 105 Å². The van der Waals surface area contributed by atoms with E-state index in [1.165, 1.54) is 12.5 Å². The number of benzene rings is 2. The predicted octanol–water partition coefficient (Wildman–Crippen LogP) is 5.16. The number of rotatable bonds is 6.